The molecule has 3 amide bonds. The Morgan fingerprint density at radius 2 is 1.76 bits per heavy atom. The SMILES string of the molecule is CO[C@H]1C[C@H](C(=O)Nc2ccc(-c3ccccc3S(C)(=O)=O)cc2F)N(C(=O)Nc2ccc(Cl)cc2)C1. The number of amides is 3. The van der Waals surface area contributed by atoms with Crippen molar-refractivity contribution in [3.8, 4) is 11.1 Å². The minimum Gasteiger partial charge on any atom is -0.380 e. The number of rotatable bonds is 6. The van der Waals surface area contributed by atoms with Crippen LogP contribution in [0.25, 0.3) is 11.1 Å². The Balaban J connectivity index is 1.53. The van der Waals surface area contributed by atoms with E-state index in [1.54, 1.807) is 42.5 Å². The van der Waals surface area contributed by atoms with Crippen LogP contribution >= 0.6 is 11.6 Å². The molecule has 3 aromatic carbocycles. The second kappa shape index (κ2) is 10.9. The van der Waals surface area contributed by atoms with Crippen LogP contribution in [0.5, 0.6) is 0 Å². The fourth-order valence-corrected chi connectivity index (χ4v) is 5.24. The van der Waals surface area contributed by atoms with Gasteiger partial charge in [-0.05, 0) is 48.0 Å². The number of methoxy groups -OCH3 is 1. The number of hydrogen-bond donors (Lipinski definition) is 2. The molecule has 0 spiro atoms. The van der Waals surface area contributed by atoms with Crippen LogP contribution in [-0.4, -0.2) is 57.3 Å². The van der Waals surface area contributed by atoms with Gasteiger partial charge in [0.25, 0.3) is 0 Å². The summed E-state index contributed by atoms with van der Waals surface area (Å²) in [5.74, 6) is -1.32. The van der Waals surface area contributed by atoms with Crippen LogP contribution in [0.15, 0.2) is 71.6 Å². The molecule has 0 saturated carbocycles. The van der Waals surface area contributed by atoms with Gasteiger partial charge in [-0.2, -0.15) is 0 Å². The van der Waals surface area contributed by atoms with E-state index >= 15 is 4.39 Å². The summed E-state index contributed by atoms with van der Waals surface area (Å²) < 4.78 is 44.7. The lowest BCUT2D eigenvalue weighted by molar-refractivity contribution is -0.119. The smallest absolute Gasteiger partial charge is 0.322 e. The van der Waals surface area contributed by atoms with Crippen molar-refractivity contribution in [2.75, 3.05) is 30.5 Å². The number of halogens is 2. The number of nitrogens with one attached hydrogen (secondary N) is 2. The monoisotopic (exact) mass is 545 g/mol. The molecule has 0 bridgehead atoms. The Hall–Kier alpha value is -3.47. The van der Waals surface area contributed by atoms with Gasteiger partial charge in [-0.3, -0.25) is 4.79 Å². The lowest BCUT2D eigenvalue weighted by atomic mass is 10.0. The topological polar surface area (TPSA) is 105 Å². The van der Waals surface area contributed by atoms with Crippen molar-refractivity contribution in [3.63, 3.8) is 0 Å². The van der Waals surface area contributed by atoms with Crippen molar-refractivity contribution in [1.82, 2.24) is 4.90 Å². The quantitative estimate of drug-likeness (QED) is 0.462. The molecule has 0 aliphatic carbocycles. The highest BCUT2D eigenvalue weighted by Crippen LogP contribution is 2.30. The number of hydrogen-bond acceptors (Lipinski definition) is 5. The largest absolute Gasteiger partial charge is 0.380 e. The van der Waals surface area contributed by atoms with Crippen LogP contribution in [0.1, 0.15) is 6.42 Å². The summed E-state index contributed by atoms with van der Waals surface area (Å²) in [7, 11) is -2.04. The molecule has 1 heterocycles. The third kappa shape index (κ3) is 6.10. The van der Waals surface area contributed by atoms with Crippen molar-refractivity contribution in [1.29, 1.82) is 0 Å². The Morgan fingerprint density at radius 3 is 2.41 bits per heavy atom. The highest BCUT2D eigenvalue weighted by molar-refractivity contribution is 7.90. The van der Waals surface area contributed by atoms with E-state index in [-0.39, 0.29) is 29.7 Å². The predicted molar refractivity (Wildman–Crippen MR) is 140 cm³/mol. The third-order valence-corrected chi connectivity index (χ3v) is 7.49. The van der Waals surface area contributed by atoms with Crippen LogP contribution in [0.3, 0.4) is 0 Å². The number of carbonyl (C=O) groups excluding carboxylic acids is 2. The van der Waals surface area contributed by atoms with Gasteiger partial charge in [0.1, 0.15) is 11.9 Å². The summed E-state index contributed by atoms with van der Waals surface area (Å²) in [4.78, 5) is 27.5. The summed E-state index contributed by atoms with van der Waals surface area (Å²) in [6, 6.07) is 15.5. The van der Waals surface area contributed by atoms with E-state index in [1.807, 2.05) is 0 Å². The molecule has 1 aliphatic rings. The van der Waals surface area contributed by atoms with E-state index in [0.29, 0.717) is 21.8 Å². The van der Waals surface area contributed by atoms with E-state index in [2.05, 4.69) is 10.6 Å². The average Bonchev–Trinajstić information content (AvgIpc) is 3.31. The molecule has 0 radical (unpaired) electrons. The van der Waals surface area contributed by atoms with Gasteiger partial charge in [-0.1, -0.05) is 35.9 Å². The van der Waals surface area contributed by atoms with Gasteiger partial charge < -0.3 is 20.3 Å². The highest BCUT2D eigenvalue weighted by atomic mass is 35.5. The van der Waals surface area contributed by atoms with Crippen molar-refractivity contribution in [2.24, 2.45) is 0 Å². The number of sulfone groups is 1. The van der Waals surface area contributed by atoms with Crippen LogP contribution in [-0.2, 0) is 19.4 Å². The van der Waals surface area contributed by atoms with E-state index in [9.17, 15) is 18.0 Å². The van der Waals surface area contributed by atoms with Crippen molar-refractivity contribution >= 4 is 44.8 Å². The van der Waals surface area contributed by atoms with Crippen molar-refractivity contribution < 1.29 is 27.1 Å². The van der Waals surface area contributed by atoms with Crippen LogP contribution in [0.4, 0.5) is 20.6 Å². The lowest BCUT2D eigenvalue weighted by Gasteiger charge is -2.24. The zero-order chi connectivity index (χ0) is 26.7. The Bertz CT molecular complexity index is 1430. The molecule has 37 heavy (non-hydrogen) atoms. The van der Waals surface area contributed by atoms with Gasteiger partial charge in [0, 0.05) is 42.6 Å². The first kappa shape index (κ1) is 26.6. The van der Waals surface area contributed by atoms with Crippen molar-refractivity contribution in [3.05, 3.63) is 77.6 Å². The Morgan fingerprint density at radius 1 is 1.05 bits per heavy atom. The molecule has 8 nitrogen and oxygen atoms in total. The summed E-state index contributed by atoms with van der Waals surface area (Å²) in [5.41, 5.74) is 1.11. The first-order valence-electron chi connectivity index (χ1n) is 11.3. The lowest BCUT2D eigenvalue weighted by Crippen LogP contribution is -2.45. The first-order valence-corrected chi connectivity index (χ1v) is 13.6. The third-order valence-electron chi connectivity index (χ3n) is 6.08. The fraction of sp³-hybridized carbons (Fsp3) is 0.231. The first-order chi connectivity index (χ1) is 17.6. The highest BCUT2D eigenvalue weighted by Gasteiger charge is 2.40. The second-order valence-corrected chi connectivity index (χ2v) is 11.1. The maximum Gasteiger partial charge on any atom is 0.322 e. The zero-order valence-corrected chi connectivity index (χ0v) is 21.6. The number of carbonyl (C=O) groups is 2. The standard InChI is InChI=1S/C26H25ClFN3O5S/c1-36-19-14-23(31(15-19)26(33)29-18-10-8-17(27)9-11-18)25(32)30-22-12-7-16(13-21(22)28)20-5-3-4-6-24(20)37(2,34)35/h3-13,19,23H,14-15H2,1-2H3,(H,29,33)(H,30,32)/t19-,23+/m0/s1. The normalized spacial score (nSPS) is 17.5. The Kier molecular flexibility index (Phi) is 7.82. The van der Waals surface area contributed by atoms with Gasteiger partial charge in [-0.25, -0.2) is 17.6 Å². The van der Waals surface area contributed by atoms with Gasteiger partial charge in [0.15, 0.2) is 9.84 Å². The van der Waals surface area contributed by atoms with E-state index in [4.69, 9.17) is 16.3 Å². The summed E-state index contributed by atoms with van der Waals surface area (Å²) in [6.07, 6.45) is 0.949. The minimum atomic E-state index is -3.54. The number of anilines is 2. The Labute approximate surface area is 219 Å². The molecule has 11 heteroatoms. The van der Waals surface area contributed by atoms with Crippen molar-refractivity contribution in [2.45, 2.75) is 23.5 Å². The number of likely N-dealkylation sites (tertiary alicyclic amines) is 1. The molecule has 194 valence electrons. The molecule has 2 atom stereocenters. The van der Waals surface area contributed by atoms with E-state index < -0.39 is 33.6 Å². The van der Waals surface area contributed by atoms with Crippen LogP contribution < -0.4 is 10.6 Å². The predicted octanol–water partition coefficient (Wildman–Crippen LogP) is 4.81. The molecular formula is C26H25ClFN3O5S. The summed E-state index contributed by atoms with van der Waals surface area (Å²) in [6.45, 7) is 0.178. The zero-order valence-electron chi connectivity index (χ0n) is 20.1. The molecular weight excluding hydrogens is 521 g/mol. The maximum atomic E-state index is 15.0. The van der Waals surface area contributed by atoms with E-state index in [0.717, 1.165) is 12.3 Å². The molecule has 0 unspecified atom stereocenters. The molecule has 4 rings (SSSR count). The average molecular weight is 546 g/mol. The molecule has 1 fully saturated rings. The molecule has 1 aliphatic heterocycles. The summed E-state index contributed by atoms with van der Waals surface area (Å²) in [5, 5.41) is 5.80. The fourth-order valence-electron chi connectivity index (χ4n) is 4.20. The van der Waals surface area contributed by atoms with Crippen LogP contribution in [0, 0.1) is 5.82 Å². The van der Waals surface area contributed by atoms with Crippen LogP contribution in [0.2, 0.25) is 5.02 Å². The molecule has 1 saturated heterocycles. The van der Waals surface area contributed by atoms with Gasteiger partial charge in [0.05, 0.1) is 16.7 Å². The van der Waals surface area contributed by atoms with Gasteiger partial charge in [0.2, 0.25) is 5.91 Å². The van der Waals surface area contributed by atoms with E-state index in [1.165, 1.54) is 30.2 Å². The van der Waals surface area contributed by atoms with Gasteiger partial charge in [-0.15, -0.1) is 0 Å². The minimum absolute atomic E-state index is 0.0742. The number of urea groups is 1. The second-order valence-electron chi connectivity index (χ2n) is 8.65. The number of nitrogens with zero attached hydrogens (tertiary/aromatic N) is 1. The number of ether oxygens (including phenoxy) is 1. The number of benzene rings is 3. The molecule has 0 aromatic heterocycles. The molecule has 3 aromatic rings. The molecule has 2 N–H and O–H groups in total. The van der Waals surface area contributed by atoms with Gasteiger partial charge >= 0.3 is 6.03 Å². The summed E-state index contributed by atoms with van der Waals surface area (Å²) >= 11 is 5.89. The maximum absolute atomic E-state index is 15.0.